The van der Waals surface area contributed by atoms with Crippen LogP contribution in [0.1, 0.15) is 39.3 Å². The SMILES string of the molecule is Cc1cccc2c1N(C1CC1)CCN2C(=O)c1ncc(C(N)=O)cc1Cl. The van der Waals surface area contributed by atoms with Crippen molar-refractivity contribution in [3.63, 3.8) is 0 Å². The molecule has 7 heteroatoms. The maximum absolute atomic E-state index is 13.1. The van der Waals surface area contributed by atoms with Gasteiger partial charge in [-0.05, 0) is 37.5 Å². The van der Waals surface area contributed by atoms with Gasteiger partial charge in [-0.25, -0.2) is 4.98 Å². The molecular weight excluding hydrogens is 352 g/mol. The Hall–Kier alpha value is -2.60. The van der Waals surface area contributed by atoms with Gasteiger partial charge in [0.2, 0.25) is 5.91 Å². The number of primary amides is 1. The van der Waals surface area contributed by atoms with E-state index in [9.17, 15) is 9.59 Å². The Morgan fingerprint density at radius 2 is 2.04 bits per heavy atom. The number of aromatic nitrogens is 1. The summed E-state index contributed by atoms with van der Waals surface area (Å²) in [7, 11) is 0. The fraction of sp³-hybridized carbons (Fsp3) is 0.316. The van der Waals surface area contributed by atoms with Gasteiger partial charge >= 0.3 is 0 Å². The summed E-state index contributed by atoms with van der Waals surface area (Å²) in [5.41, 5.74) is 8.69. The summed E-state index contributed by atoms with van der Waals surface area (Å²) in [6, 6.07) is 7.94. The second kappa shape index (κ2) is 6.29. The molecule has 2 aromatic rings. The van der Waals surface area contributed by atoms with Crippen LogP contribution in [0.5, 0.6) is 0 Å². The zero-order valence-electron chi connectivity index (χ0n) is 14.4. The Kier molecular flexibility index (Phi) is 4.07. The highest BCUT2D eigenvalue weighted by Crippen LogP contribution is 2.42. The van der Waals surface area contributed by atoms with Gasteiger partial charge in [-0.15, -0.1) is 0 Å². The van der Waals surface area contributed by atoms with Crippen molar-refractivity contribution in [2.45, 2.75) is 25.8 Å². The minimum absolute atomic E-state index is 0.129. The van der Waals surface area contributed by atoms with Gasteiger partial charge in [-0.1, -0.05) is 23.7 Å². The van der Waals surface area contributed by atoms with Gasteiger partial charge in [0.15, 0.2) is 0 Å². The van der Waals surface area contributed by atoms with Gasteiger partial charge < -0.3 is 15.5 Å². The van der Waals surface area contributed by atoms with E-state index >= 15 is 0 Å². The number of aryl methyl sites for hydroxylation is 1. The first-order valence-electron chi connectivity index (χ1n) is 8.61. The standard InChI is InChI=1S/C19H19ClN4O2/c1-11-3-2-4-15-17(11)23(13-5-6-13)7-8-24(15)19(26)16-14(20)9-12(10-22-16)18(21)25/h2-4,9-10,13H,5-8H2,1H3,(H2,21,25). The molecule has 1 aliphatic carbocycles. The maximum atomic E-state index is 13.1. The molecule has 0 unspecified atom stereocenters. The van der Waals surface area contributed by atoms with Crippen LogP contribution in [0.25, 0.3) is 0 Å². The molecule has 2 amide bonds. The fourth-order valence-electron chi connectivity index (χ4n) is 3.50. The number of halogens is 1. The van der Waals surface area contributed by atoms with Gasteiger partial charge in [-0.3, -0.25) is 9.59 Å². The van der Waals surface area contributed by atoms with E-state index in [4.69, 9.17) is 17.3 Å². The zero-order valence-corrected chi connectivity index (χ0v) is 15.2. The quantitative estimate of drug-likeness (QED) is 0.900. The van der Waals surface area contributed by atoms with E-state index in [1.807, 2.05) is 12.1 Å². The van der Waals surface area contributed by atoms with Crippen molar-refractivity contribution in [1.29, 1.82) is 0 Å². The number of carbonyl (C=O) groups is 2. The molecule has 1 aliphatic heterocycles. The van der Waals surface area contributed by atoms with E-state index in [-0.39, 0.29) is 22.2 Å². The Bertz CT molecular complexity index is 910. The summed E-state index contributed by atoms with van der Waals surface area (Å²) in [6.07, 6.45) is 3.69. The topological polar surface area (TPSA) is 79.5 Å². The lowest BCUT2D eigenvalue weighted by atomic mass is 10.1. The molecule has 0 bridgehead atoms. The Labute approximate surface area is 156 Å². The van der Waals surface area contributed by atoms with Gasteiger partial charge in [-0.2, -0.15) is 0 Å². The van der Waals surface area contributed by atoms with E-state index in [0.717, 1.165) is 23.5 Å². The van der Waals surface area contributed by atoms with Gasteiger partial charge in [0.25, 0.3) is 5.91 Å². The lowest BCUT2D eigenvalue weighted by molar-refractivity contribution is 0.0975. The molecule has 4 rings (SSSR count). The number of amides is 2. The molecule has 1 aromatic carbocycles. The van der Waals surface area contributed by atoms with E-state index in [1.54, 1.807) is 4.90 Å². The third-order valence-electron chi connectivity index (χ3n) is 4.92. The summed E-state index contributed by atoms with van der Waals surface area (Å²) in [5.74, 6) is -0.897. The molecule has 0 saturated heterocycles. The fourth-order valence-corrected chi connectivity index (χ4v) is 3.74. The van der Waals surface area contributed by atoms with Crippen molar-refractivity contribution in [3.05, 3.63) is 52.3 Å². The minimum Gasteiger partial charge on any atom is -0.366 e. The first kappa shape index (κ1) is 16.8. The molecule has 1 saturated carbocycles. The van der Waals surface area contributed by atoms with Crippen molar-refractivity contribution in [1.82, 2.24) is 4.98 Å². The number of fused-ring (bicyclic) bond motifs is 1. The number of rotatable bonds is 3. The van der Waals surface area contributed by atoms with Crippen LogP contribution in [0.2, 0.25) is 5.02 Å². The van der Waals surface area contributed by atoms with Crippen molar-refractivity contribution in [2.24, 2.45) is 5.73 Å². The Morgan fingerprint density at radius 1 is 1.27 bits per heavy atom. The number of nitrogens with zero attached hydrogens (tertiary/aromatic N) is 3. The first-order chi connectivity index (χ1) is 12.5. The molecule has 0 radical (unpaired) electrons. The highest BCUT2D eigenvalue weighted by atomic mass is 35.5. The predicted molar refractivity (Wildman–Crippen MR) is 101 cm³/mol. The molecule has 2 N–H and O–H groups in total. The maximum Gasteiger partial charge on any atom is 0.278 e. The van der Waals surface area contributed by atoms with Crippen molar-refractivity contribution >= 4 is 34.8 Å². The molecule has 1 aromatic heterocycles. The molecule has 134 valence electrons. The van der Waals surface area contributed by atoms with E-state index < -0.39 is 5.91 Å². The summed E-state index contributed by atoms with van der Waals surface area (Å²) in [4.78, 5) is 32.6. The summed E-state index contributed by atoms with van der Waals surface area (Å²) >= 11 is 6.21. The normalized spacial score (nSPS) is 16.4. The number of carbonyl (C=O) groups excluding carboxylic acids is 2. The number of hydrogen-bond donors (Lipinski definition) is 1. The average molecular weight is 371 g/mol. The monoisotopic (exact) mass is 370 g/mol. The molecule has 2 aliphatic rings. The smallest absolute Gasteiger partial charge is 0.278 e. The van der Waals surface area contributed by atoms with Crippen LogP contribution < -0.4 is 15.5 Å². The Morgan fingerprint density at radius 3 is 2.69 bits per heavy atom. The number of nitrogens with two attached hydrogens (primary N) is 1. The van der Waals surface area contributed by atoms with Crippen LogP contribution in [0.3, 0.4) is 0 Å². The molecule has 0 spiro atoms. The zero-order chi connectivity index (χ0) is 18.4. The van der Waals surface area contributed by atoms with Crippen LogP contribution in [0, 0.1) is 6.92 Å². The average Bonchev–Trinajstić information content (AvgIpc) is 3.45. The van der Waals surface area contributed by atoms with Crippen LogP contribution >= 0.6 is 11.6 Å². The second-order valence-corrected chi connectivity index (χ2v) is 7.15. The van der Waals surface area contributed by atoms with Crippen molar-refractivity contribution < 1.29 is 9.59 Å². The number of hydrogen-bond acceptors (Lipinski definition) is 4. The molecule has 2 heterocycles. The Balaban J connectivity index is 1.72. The molecule has 1 fully saturated rings. The van der Waals surface area contributed by atoms with Gasteiger partial charge in [0.1, 0.15) is 5.69 Å². The molecule has 6 nitrogen and oxygen atoms in total. The highest BCUT2D eigenvalue weighted by molar-refractivity contribution is 6.34. The second-order valence-electron chi connectivity index (χ2n) is 6.74. The van der Waals surface area contributed by atoms with Crippen LogP contribution in [-0.2, 0) is 0 Å². The van der Waals surface area contributed by atoms with E-state index in [2.05, 4.69) is 22.9 Å². The number of anilines is 2. The molecule has 26 heavy (non-hydrogen) atoms. The number of benzene rings is 1. The van der Waals surface area contributed by atoms with Crippen LogP contribution in [-0.4, -0.2) is 35.9 Å². The third kappa shape index (κ3) is 2.80. The van der Waals surface area contributed by atoms with E-state index in [0.29, 0.717) is 12.6 Å². The van der Waals surface area contributed by atoms with Crippen LogP contribution in [0.15, 0.2) is 30.5 Å². The van der Waals surface area contributed by atoms with E-state index in [1.165, 1.54) is 25.1 Å². The lowest BCUT2D eigenvalue weighted by Crippen LogP contribution is -2.45. The summed E-state index contributed by atoms with van der Waals surface area (Å²) in [6.45, 7) is 3.42. The number of para-hydroxylation sites is 1. The summed E-state index contributed by atoms with van der Waals surface area (Å²) < 4.78 is 0. The molecule has 0 atom stereocenters. The molecular formula is C19H19ClN4O2. The van der Waals surface area contributed by atoms with Crippen LogP contribution in [0.4, 0.5) is 11.4 Å². The lowest BCUT2D eigenvalue weighted by Gasteiger charge is -2.39. The number of pyridine rings is 1. The first-order valence-corrected chi connectivity index (χ1v) is 8.98. The van der Waals surface area contributed by atoms with Gasteiger partial charge in [0.05, 0.1) is 22.0 Å². The minimum atomic E-state index is -0.627. The van der Waals surface area contributed by atoms with Crippen molar-refractivity contribution in [2.75, 3.05) is 22.9 Å². The predicted octanol–water partition coefficient (Wildman–Crippen LogP) is 2.77. The van der Waals surface area contributed by atoms with Gasteiger partial charge in [0, 0.05) is 25.3 Å². The summed E-state index contributed by atoms with van der Waals surface area (Å²) in [5, 5.41) is 0.130. The third-order valence-corrected chi connectivity index (χ3v) is 5.21. The highest BCUT2D eigenvalue weighted by Gasteiger charge is 2.37. The van der Waals surface area contributed by atoms with Crippen molar-refractivity contribution in [3.8, 4) is 0 Å². The largest absolute Gasteiger partial charge is 0.366 e.